The molecule has 3 rings (SSSR count). The van der Waals surface area contributed by atoms with Crippen LogP contribution in [0, 0.1) is 5.82 Å². The van der Waals surface area contributed by atoms with Crippen LogP contribution in [0.1, 0.15) is 11.1 Å². The van der Waals surface area contributed by atoms with Gasteiger partial charge in [0.05, 0.1) is 5.56 Å². The van der Waals surface area contributed by atoms with Crippen molar-refractivity contribution in [3.63, 3.8) is 0 Å². The fraction of sp³-hybridized carbons (Fsp3) is 0.429. The van der Waals surface area contributed by atoms with E-state index in [1.54, 1.807) is 12.1 Å². The number of aliphatic hydroxyl groups is 1. The predicted octanol–water partition coefficient (Wildman–Crippen LogP) is 4.06. The lowest BCUT2D eigenvalue weighted by atomic mass is 10.1. The first-order chi connectivity index (χ1) is 14.2. The molecule has 1 aliphatic heterocycles. The standard InChI is InChI=1S/C21H23ClF4N2O2/c22-19-2-1-3-20(23)18(19)13-28-10-8-27(9-11-28)12-16(29)14-30-17-6-4-15(5-7-17)21(24,25)26/h1-7,16,29H,8-14H2/t16-/m1/s1. The summed E-state index contributed by atoms with van der Waals surface area (Å²) in [5, 5.41) is 10.6. The van der Waals surface area contributed by atoms with Gasteiger partial charge in [-0.3, -0.25) is 9.80 Å². The minimum Gasteiger partial charge on any atom is -0.491 e. The van der Waals surface area contributed by atoms with Gasteiger partial charge in [0.2, 0.25) is 0 Å². The molecule has 0 amide bonds. The maximum Gasteiger partial charge on any atom is 0.416 e. The van der Waals surface area contributed by atoms with Crippen molar-refractivity contribution in [1.29, 1.82) is 0 Å². The SMILES string of the molecule is O[C@@H](COc1ccc(C(F)(F)F)cc1)CN1CCN(Cc2c(F)cccc2Cl)CC1. The molecule has 1 aliphatic rings. The van der Waals surface area contributed by atoms with E-state index in [2.05, 4.69) is 9.80 Å². The molecule has 0 unspecified atom stereocenters. The van der Waals surface area contributed by atoms with Crippen molar-refractivity contribution in [2.45, 2.75) is 18.8 Å². The second-order valence-electron chi connectivity index (χ2n) is 7.26. The molecule has 30 heavy (non-hydrogen) atoms. The lowest BCUT2D eigenvalue weighted by Gasteiger charge is -2.35. The molecule has 0 spiro atoms. The summed E-state index contributed by atoms with van der Waals surface area (Å²) >= 11 is 6.08. The first kappa shape index (κ1) is 22.8. The maximum atomic E-state index is 13.9. The zero-order valence-electron chi connectivity index (χ0n) is 16.2. The minimum absolute atomic E-state index is 0.0174. The van der Waals surface area contributed by atoms with E-state index in [1.165, 1.54) is 18.2 Å². The zero-order chi connectivity index (χ0) is 21.7. The molecule has 1 fully saturated rings. The molecule has 0 saturated carbocycles. The molecule has 1 heterocycles. The Morgan fingerprint density at radius 1 is 1.00 bits per heavy atom. The molecular weight excluding hydrogens is 424 g/mol. The van der Waals surface area contributed by atoms with Gasteiger partial charge in [-0.1, -0.05) is 17.7 Å². The van der Waals surface area contributed by atoms with Crippen LogP contribution >= 0.6 is 11.6 Å². The third-order valence-electron chi connectivity index (χ3n) is 5.00. The first-order valence-corrected chi connectivity index (χ1v) is 9.96. The van der Waals surface area contributed by atoms with E-state index >= 15 is 0 Å². The largest absolute Gasteiger partial charge is 0.491 e. The zero-order valence-corrected chi connectivity index (χ0v) is 17.0. The average molecular weight is 447 g/mol. The minimum atomic E-state index is -4.39. The van der Waals surface area contributed by atoms with Gasteiger partial charge in [0.15, 0.2) is 0 Å². The van der Waals surface area contributed by atoms with Crippen LogP contribution in [0.4, 0.5) is 17.6 Å². The summed E-state index contributed by atoms with van der Waals surface area (Å²) < 4.78 is 57.0. The molecule has 9 heteroatoms. The fourth-order valence-corrected chi connectivity index (χ4v) is 3.54. The molecule has 0 aliphatic carbocycles. The molecule has 0 bridgehead atoms. The number of ether oxygens (including phenoxy) is 1. The highest BCUT2D eigenvalue weighted by Crippen LogP contribution is 2.30. The van der Waals surface area contributed by atoms with Crippen LogP contribution in [-0.2, 0) is 12.7 Å². The van der Waals surface area contributed by atoms with Gasteiger partial charge in [-0.2, -0.15) is 13.2 Å². The Balaban J connectivity index is 1.40. The monoisotopic (exact) mass is 446 g/mol. The van der Waals surface area contributed by atoms with Gasteiger partial charge in [0.25, 0.3) is 0 Å². The molecule has 2 aromatic carbocycles. The highest BCUT2D eigenvalue weighted by molar-refractivity contribution is 6.31. The van der Waals surface area contributed by atoms with Gasteiger partial charge in [0, 0.05) is 49.9 Å². The average Bonchev–Trinajstić information content (AvgIpc) is 2.70. The van der Waals surface area contributed by atoms with Crippen molar-refractivity contribution >= 4 is 11.6 Å². The Morgan fingerprint density at radius 3 is 2.23 bits per heavy atom. The van der Waals surface area contributed by atoms with Crippen LogP contribution < -0.4 is 4.74 Å². The molecule has 1 saturated heterocycles. The van der Waals surface area contributed by atoms with Crippen molar-refractivity contribution in [2.24, 2.45) is 0 Å². The molecule has 164 valence electrons. The van der Waals surface area contributed by atoms with Crippen molar-refractivity contribution in [2.75, 3.05) is 39.3 Å². The van der Waals surface area contributed by atoms with E-state index in [0.29, 0.717) is 49.9 Å². The third kappa shape index (κ3) is 6.31. The van der Waals surface area contributed by atoms with Crippen molar-refractivity contribution in [3.05, 3.63) is 64.4 Å². The summed E-state index contributed by atoms with van der Waals surface area (Å²) in [7, 11) is 0. The van der Waals surface area contributed by atoms with Crippen molar-refractivity contribution in [1.82, 2.24) is 9.80 Å². The Kier molecular flexibility index (Phi) is 7.57. The second-order valence-corrected chi connectivity index (χ2v) is 7.67. The molecule has 0 aromatic heterocycles. The first-order valence-electron chi connectivity index (χ1n) is 9.58. The lowest BCUT2D eigenvalue weighted by molar-refractivity contribution is -0.137. The number of alkyl halides is 3. The molecule has 2 aromatic rings. The van der Waals surface area contributed by atoms with Gasteiger partial charge < -0.3 is 9.84 Å². The topological polar surface area (TPSA) is 35.9 Å². The second kappa shape index (κ2) is 9.96. The van der Waals surface area contributed by atoms with Crippen LogP contribution in [0.2, 0.25) is 5.02 Å². The predicted molar refractivity (Wildman–Crippen MR) is 106 cm³/mol. The van der Waals surface area contributed by atoms with Gasteiger partial charge >= 0.3 is 6.18 Å². The van der Waals surface area contributed by atoms with Crippen LogP contribution in [0.5, 0.6) is 5.75 Å². The number of aliphatic hydroxyl groups excluding tert-OH is 1. The van der Waals surface area contributed by atoms with E-state index in [4.69, 9.17) is 16.3 Å². The van der Waals surface area contributed by atoms with Crippen molar-refractivity contribution in [3.8, 4) is 5.75 Å². The van der Waals surface area contributed by atoms with Crippen LogP contribution in [-0.4, -0.2) is 60.3 Å². The summed E-state index contributed by atoms with van der Waals surface area (Å²) in [5.74, 6) is -0.0468. The highest BCUT2D eigenvalue weighted by atomic mass is 35.5. The normalized spacial score (nSPS) is 17.1. The van der Waals surface area contributed by atoms with E-state index in [-0.39, 0.29) is 18.2 Å². The number of hydrogen-bond acceptors (Lipinski definition) is 4. The van der Waals surface area contributed by atoms with E-state index in [1.807, 2.05) is 0 Å². The van der Waals surface area contributed by atoms with Gasteiger partial charge in [-0.15, -0.1) is 0 Å². The summed E-state index contributed by atoms with van der Waals surface area (Å²) in [6.07, 6.45) is -5.17. The molecule has 0 radical (unpaired) electrons. The molecule has 1 N–H and O–H groups in total. The van der Waals surface area contributed by atoms with E-state index < -0.39 is 17.8 Å². The number of piperazine rings is 1. The van der Waals surface area contributed by atoms with Crippen LogP contribution in [0.3, 0.4) is 0 Å². The number of halogens is 5. The summed E-state index contributed by atoms with van der Waals surface area (Å²) in [6, 6.07) is 9.01. The smallest absolute Gasteiger partial charge is 0.416 e. The van der Waals surface area contributed by atoms with Crippen LogP contribution in [0.15, 0.2) is 42.5 Å². The van der Waals surface area contributed by atoms with Gasteiger partial charge in [0.1, 0.15) is 24.3 Å². The number of nitrogens with zero attached hydrogens (tertiary/aromatic N) is 2. The van der Waals surface area contributed by atoms with E-state index in [9.17, 15) is 22.7 Å². The quantitative estimate of drug-likeness (QED) is 0.651. The molecular formula is C21H23ClF4N2O2. The number of hydrogen-bond donors (Lipinski definition) is 1. The Hall–Kier alpha value is -1.87. The van der Waals surface area contributed by atoms with Gasteiger partial charge in [-0.05, 0) is 36.4 Å². The highest BCUT2D eigenvalue weighted by Gasteiger charge is 2.30. The number of benzene rings is 2. The number of β-amino-alcohol motifs (C(OH)–C–C–N with tert-alkyl or cyclic N) is 1. The Morgan fingerprint density at radius 2 is 1.63 bits per heavy atom. The Bertz CT molecular complexity index is 804. The van der Waals surface area contributed by atoms with Gasteiger partial charge in [-0.25, -0.2) is 4.39 Å². The van der Waals surface area contributed by atoms with Crippen molar-refractivity contribution < 1.29 is 27.4 Å². The van der Waals surface area contributed by atoms with E-state index in [0.717, 1.165) is 12.1 Å². The lowest BCUT2D eigenvalue weighted by Crippen LogP contribution is -2.48. The van der Waals surface area contributed by atoms with Crippen LogP contribution in [0.25, 0.3) is 0 Å². The maximum absolute atomic E-state index is 13.9. The summed E-state index contributed by atoms with van der Waals surface area (Å²) in [4.78, 5) is 4.17. The summed E-state index contributed by atoms with van der Waals surface area (Å²) in [6.45, 7) is 3.60. The number of rotatable bonds is 7. The summed E-state index contributed by atoms with van der Waals surface area (Å²) in [5.41, 5.74) is -0.262. The fourth-order valence-electron chi connectivity index (χ4n) is 3.32. The molecule has 4 nitrogen and oxygen atoms in total. The third-order valence-corrected chi connectivity index (χ3v) is 5.36. The molecule has 1 atom stereocenters. The Labute approximate surface area is 177 Å².